The molecule has 0 aromatic heterocycles. The molecule has 0 N–H and O–H groups in total. The number of halogens is 3. The van der Waals surface area contributed by atoms with Gasteiger partial charge >= 0.3 is 21.7 Å². The molecule has 1 aliphatic rings. The van der Waals surface area contributed by atoms with Crippen molar-refractivity contribution in [3.63, 3.8) is 0 Å². The van der Waals surface area contributed by atoms with Gasteiger partial charge in [0.1, 0.15) is 8.80 Å². The molecule has 0 nitrogen and oxygen atoms in total. The van der Waals surface area contributed by atoms with E-state index in [1.165, 1.54) is 27.9 Å². The normalized spacial score (nSPS) is 13.6. The minimum absolute atomic E-state index is 0. The standard InChI is InChI=1S/C22H25Si.3ClH.Ti/c1-4-17(2)22-16-21(15-18(22)3)23(19-11-7-5-8-12-19)20-13-9-6-10-14-20;;;;/h5-14,17,23H,4,15H2,1-3H3;3*1H;/q-1;;;;+4/p-3. The third kappa shape index (κ3) is 6.92. The molecular weight excluding hydrogens is 447 g/mol. The van der Waals surface area contributed by atoms with Crippen LogP contribution in [0.3, 0.4) is 0 Å². The molecular formula is C22H25Cl3SiTi. The summed E-state index contributed by atoms with van der Waals surface area (Å²) in [5.74, 6) is 0.619. The number of hydrogen-bond donors (Lipinski definition) is 0. The second-order valence-corrected chi connectivity index (χ2v) is 9.48. The predicted molar refractivity (Wildman–Crippen MR) is 103 cm³/mol. The maximum Gasteiger partial charge on any atom is 4.00 e. The van der Waals surface area contributed by atoms with Crippen LogP contribution in [0.5, 0.6) is 0 Å². The fraction of sp³-hybridized carbons (Fsp3) is 0.273. The van der Waals surface area contributed by atoms with E-state index < -0.39 is 8.80 Å². The molecule has 0 fully saturated rings. The van der Waals surface area contributed by atoms with E-state index in [2.05, 4.69) is 87.5 Å². The molecule has 0 radical (unpaired) electrons. The topological polar surface area (TPSA) is 0 Å². The van der Waals surface area contributed by atoms with Crippen molar-refractivity contribution >= 4 is 19.2 Å². The molecule has 5 heteroatoms. The molecule has 0 saturated carbocycles. The number of allylic oxidation sites excluding steroid dienone is 4. The molecule has 1 unspecified atom stereocenters. The van der Waals surface area contributed by atoms with E-state index >= 15 is 0 Å². The quantitative estimate of drug-likeness (QED) is 0.303. The van der Waals surface area contributed by atoms with Gasteiger partial charge in [-0.15, -0.1) is 6.92 Å². The maximum atomic E-state index is 3.85. The van der Waals surface area contributed by atoms with Crippen molar-refractivity contribution < 1.29 is 58.9 Å². The average molecular weight is 472 g/mol. The number of benzene rings is 2. The Kier molecular flexibility index (Phi) is 14.8. The molecule has 0 spiro atoms. The van der Waals surface area contributed by atoms with Crippen LogP contribution in [-0.4, -0.2) is 8.80 Å². The van der Waals surface area contributed by atoms with Crippen LogP contribution in [0.15, 0.2) is 77.0 Å². The number of hydrogen-bond acceptors (Lipinski definition) is 0. The average Bonchev–Trinajstić information content (AvgIpc) is 2.98. The summed E-state index contributed by atoms with van der Waals surface area (Å²) in [4.78, 5) is 0. The van der Waals surface area contributed by atoms with Crippen LogP contribution in [-0.2, 0) is 21.7 Å². The zero-order valence-corrected chi connectivity index (χ0v) is 21.0. The molecule has 1 aliphatic carbocycles. The van der Waals surface area contributed by atoms with Crippen LogP contribution in [0.4, 0.5) is 0 Å². The van der Waals surface area contributed by atoms with Crippen molar-refractivity contribution in [3.05, 3.63) is 83.1 Å². The van der Waals surface area contributed by atoms with E-state index in [0.717, 1.165) is 6.42 Å². The monoisotopic (exact) mass is 470 g/mol. The summed E-state index contributed by atoms with van der Waals surface area (Å²) in [6, 6.07) is 22.1. The molecule has 0 aliphatic heterocycles. The summed E-state index contributed by atoms with van der Waals surface area (Å²) in [7, 11) is -1.37. The minimum atomic E-state index is -1.37. The van der Waals surface area contributed by atoms with Crippen LogP contribution < -0.4 is 47.6 Å². The Hall–Kier alpha value is -0.279. The van der Waals surface area contributed by atoms with Gasteiger partial charge in [0.15, 0.2) is 0 Å². The van der Waals surface area contributed by atoms with E-state index in [0.29, 0.717) is 5.92 Å². The van der Waals surface area contributed by atoms with Crippen LogP contribution in [0, 0.1) is 12.0 Å². The van der Waals surface area contributed by atoms with Crippen LogP contribution in [0.25, 0.3) is 0 Å². The van der Waals surface area contributed by atoms with Gasteiger partial charge in [0.05, 0.1) is 0 Å². The van der Waals surface area contributed by atoms with Crippen LogP contribution in [0.2, 0.25) is 0 Å². The van der Waals surface area contributed by atoms with Gasteiger partial charge in [0, 0.05) is 0 Å². The molecule has 0 bridgehead atoms. The van der Waals surface area contributed by atoms with Crippen LogP contribution in [0.1, 0.15) is 33.6 Å². The molecule has 1 atom stereocenters. The third-order valence-electron chi connectivity index (χ3n) is 4.93. The summed E-state index contributed by atoms with van der Waals surface area (Å²) in [6.45, 7) is 6.90. The molecule has 2 aromatic carbocycles. The van der Waals surface area contributed by atoms with Crippen LogP contribution >= 0.6 is 0 Å². The van der Waals surface area contributed by atoms with E-state index in [1.54, 1.807) is 5.20 Å². The van der Waals surface area contributed by atoms with Gasteiger partial charge in [-0.25, -0.2) is 11.1 Å². The zero-order valence-electron chi connectivity index (χ0n) is 16.0. The Bertz CT molecular complexity index is 690. The summed E-state index contributed by atoms with van der Waals surface area (Å²) in [6.07, 6.45) is 6.15. The van der Waals surface area contributed by atoms with E-state index in [9.17, 15) is 0 Å². The van der Waals surface area contributed by atoms with Crippen molar-refractivity contribution in [3.8, 4) is 0 Å². The van der Waals surface area contributed by atoms with Gasteiger partial charge in [-0.3, -0.25) is 6.08 Å². The first-order chi connectivity index (χ1) is 11.2. The van der Waals surface area contributed by atoms with Gasteiger partial charge in [0.2, 0.25) is 0 Å². The number of rotatable bonds is 5. The summed E-state index contributed by atoms with van der Waals surface area (Å²) >= 11 is 0. The first-order valence-corrected chi connectivity index (χ1v) is 10.4. The Morgan fingerprint density at radius 1 is 0.889 bits per heavy atom. The molecule has 27 heavy (non-hydrogen) atoms. The first-order valence-electron chi connectivity index (χ1n) is 8.63. The van der Waals surface area contributed by atoms with E-state index in [4.69, 9.17) is 0 Å². The summed E-state index contributed by atoms with van der Waals surface area (Å²) in [5, 5.41) is 4.55. The van der Waals surface area contributed by atoms with Gasteiger partial charge in [-0.2, -0.15) is 5.20 Å². The Morgan fingerprint density at radius 3 is 1.74 bits per heavy atom. The molecule has 0 saturated heterocycles. The van der Waals surface area contributed by atoms with Crippen molar-refractivity contribution in [1.29, 1.82) is 0 Å². The molecule has 3 rings (SSSR count). The van der Waals surface area contributed by atoms with E-state index in [1.807, 2.05) is 0 Å². The SMILES string of the molecule is CCC(C)C1=C(C)CC([SiH](c2ccccc2)c2ccccc2)=[C-]1.[Cl-].[Cl-].[Cl-].[Ti+4]. The smallest absolute Gasteiger partial charge is 1.00 e. The maximum absolute atomic E-state index is 3.85. The molecule has 142 valence electrons. The van der Waals surface area contributed by atoms with Gasteiger partial charge in [-0.05, 0) is 0 Å². The summed E-state index contributed by atoms with van der Waals surface area (Å²) < 4.78 is 0. The largest absolute Gasteiger partial charge is 4.00 e. The van der Waals surface area contributed by atoms with Crippen molar-refractivity contribution in [1.82, 2.24) is 0 Å². The predicted octanol–water partition coefficient (Wildman–Crippen LogP) is -4.93. The van der Waals surface area contributed by atoms with Crippen molar-refractivity contribution in [2.75, 3.05) is 0 Å². The van der Waals surface area contributed by atoms with E-state index in [-0.39, 0.29) is 58.9 Å². The van der Waals surface area contributed by atoms with Gasteiger partial charge in [0.25, 0.3) is 0 Å². The summed E-state index contributed by atoms with van der Waals surface area (Å²) in [5.41, 5.74) is 2.99. The Morgan fingerprint density at radius 2 is 1.33 bits per heavy atom. The molecule has 0 heterocycles. The Balaban J connectivity index is 0. The third-order valence-corrected chi connectivity index (χ3v) is 8.08. The fourth-order valence-corrected chi connectivity index (χ4v) is 6.73. The minimum Gasteiger partial charge on any atom is -1.00 e. The van der Waals surface area contributed by atoms with Gasteiger partial charge in [-0.1, -0.05) is 104 Å². The van der Waals surface area contributed by atoms with Crippen molar-refractivity contribution in [2.45, 2.75) is 33.6 Å². The molecule has 2 aromatic rings. The first kappa shape index (κ1) is 28.9. The van der Waals surface area contributed by atoms with Crippen molar-refractivity contribution in [2.24, 2.45) is 5.92 Å². The fourth-order valence-electron chi connectivity index (χ4n) is 3.51. The molecule has 0 amide bonds. The second-order valence-electron chi connectivity index (χ2n) is 6.58. The Labute approximate surface area is 199 Å². The van der Waals surface area contributed by atoms with Gasteiger partial charge < -0.3 is 37.2 Å². The second kappa shape index (κ2) is 13.8. The zero-order chi connectivity index (χ0) is 16.2.